The molecular formula is C24H25F2N5O5. The van der Waals surface area contributed by atoms with Crippen molar-refractivity contribution in [3.63, 3.8) is 0 Å². The Labute approximate surface area is 205 Å². The molecule has 1 aromatic heterocycles. The van der Waals surface area contributed by atoms with E-state index in [1.165, 1.54) is 38.5 Å². The first kappa shape index (κ1) is 26.0. The number of primary amides is 1. The van der Waals surface area contributed by atoms with Crippen molar-refractivity contribution < 1.29 is 33.0 Å². The summed E-state index contributed by atoms with van der Waals surface area (Å²) in [5.41, 5.74) is 6.09. The summed E-state index contributed by atoms with van der Waals surface area (Å²) in [4.78, 5) is 27.5. The second-order valence-electron chi connectivity index (χ2n) is 7.72. The van der Waals surface area contributed by atoms with E-state index < -0.39 is 35.7 Å². The normalized spacial score (nSPS) is 12.2. The minimum atomic E-state index is -1.30. The summed E-state index contributed by atoms with van der Waals surface area (Å²) in [6.45, 7) is 1.55. The van der Waals surface area contributed by atoms with Gasteiger partial charge >= 0.3 is 6.09 Å². The van der Waals surface area contributed by atoms with Crippen LogP contribution in [-0.2, 0) is 0 Å². The molecule has 36 heavy (non-hydrogen) atoms. The maximum atomic E-state index is 15.0. The minimum Gasteiger partial charge on any atom is -0.497 e. The van der Waals surface area contributed by atoms with Gasteiger partial charge in [0.2, 0.25) is 0 Å². The number of carboxylic acid groups (broad SMARTS) is 1. The first-order valence-electron chi connectivity index (χ1n) is 10.6. The molecule has 0 fully saturated rings. The molecule has 0 aliphatic carbocycles. The number of amides is 2. The van der Waals surface area contributed by atoms with Crippen molar-refractivity contribution in [3.8, 4) is 11.5 Å². The van der Waals surface area contributed by atoms with Crippen LogP contribution in [0, 0.1) is 11.6 Å². The van der Waals surface area contributed by atoms with Gasteiger partial charge in [0, 0.05) is 23.9 Å². The van der Waals surface area contributed by atoms with Crippen molar-refractivity contribution in [2.75, 3.05) is 24.9 Å². The van der Waals surface area contributed by atoms with E-state index >= 15 is 4.39 Å². The number of nitrogens with zero attached hydrogens (tertiary/aromatic N) is 1. The lowest BCUT2D eigenvalue weighted by Crippen LogP contribution is -2.39. The average molecular weight is 501 g/mol. The molecular weight excluding hydrogens is 476 g/mol. The smallest absolute Gasteiger partial charge is 0.404 e. The van der Waals surface area contributed by atoms with E-state index in [9.17, 15) is 14.0 Å². The molecule has 12 heteroatoms. The molecule has 2 atom stereocenters. The molecule has 3 aromatic rings. The van der Waals surface area contributed by atoms with Gasteiger partial charge in [-0.1, -0.05) is 12.1 Å². The highest BCUT2D eigenvalue weighted by molar-refractivity contribution is 5.98. The molecule has 0 saturated carbocycles. The van der Waals surface area contributed by atoms with Crippen molar-refractivity contribution >= 4 is 29.3 Å². The number of hydrogen-bond donors (Lipinski definition) is 5. The lowest BCUT2D eigenvalue weighted by Gasteiger charge is -2.26. The predicted octanol–water partition coefficient (Wildman–Crippen LogP) is 4.03. The highest BCUT2D eigenvalue weighted by atomic mass is 19.1. The molecule has 0 aliphatic heterocycles. The van der Waals surface area contributed by atoms with Gasteiger partial charge in [0.05, 0.1) is 31.9 Å². The Balaban J connectivity index is 2.04. The number of methoxy groups -OCH3 is 2. The molecule has 1 heterocycles. The van der Waals surface area contributed by atoms with Gasteiger partial charge in [-0.25, -0.2) is 18.6 Å². The first-order chi connectivity index (χ1) is 17.1. The second kappa shape index (κ2) is 11.2. The van der Waals surface area contributed by atoms with Gasteiger partial charge in [0.15, 0.2) is 11.6 Å². The van der Waals surface area contributed by atoms with Crippen LogP contribution in [-0.4, -0.2) is 42.4 Å². The molecule has 10 nitrogen and oxygen atoms in total. The van der Waals surface area contributed by atoms with E-state index in [1.54, 1.807) is 25.1 Å². The van der Waals surface area contributed by atoms with Crippen molar-refractivity contribution in [1.82, 2.24) is 10.3 Å². The third-order valence-corrected chi connectivity index (χ3v) is 5.23. The van der Waals surface area contributed by atoms with E-state index in [1.807, 2.05) is 0 Å². The van der Waals surface area contributed by atoms with Crippen LogP contribution in [0.3, 0.4) is 0 Å². The van der Waals surface area contributed by atoms with Gasteiger partial charge in [-0.3, -0.25) is 4.79 Å². The van der Waals surface area contributed by atoms with Crippen molar-refractivity contribution in [3.05, 3.63) is 71.3 Å². The lowest BCUT2D eigenvalue weighted by atomic mass is 10.00. The van der Waals surface area contributed by atoms with Gasteiger partial charge in [-0.2, -0.15) is 0 Å². The number of aromatic nitrogens is 1. The van der Waals surface area contributed by atoms with Crippen LogP contribution in [0.15, 0.2) is 48.5 Å². The number of nitrogens with one attached hydrogen (secondary N) is 3. The van der Waals surface area contributed by atoms with E-state index in [0.29, 0.717) is 22.7 Å². The van der Waals surface area contributed by atoms with Crippen LogP contribution in [0.4, 0.5) is 30.9 Å². The average Bonchev–Trinajstić information content (AvgIpc) is 2.83. The summed E-state index contributed by atoms with van der Waals surface area (Å²) in [5.74, 6) is -1.81. The monoisotopic (exact) mass is 501 g/mol. The Morgan fingerprint density at radius 1 is 1.00 bits per heavy atom. The lowest BCUT2D eigenvalue weighted by molar-refractivity contribution is 0.1000. The van der Waals surface area contributed by atoms with E-state index in [2.05, 4.69) is 20.9 Å². The molecule has 0 bridgehead atoms. The highest BCUT2D eigenvalue weighted by Crippen LogP contribution is 2.31. The summed E-state index contributed by atoms with van der Waals surface area (Å²) < 4.78 is 39.0. The molecule has 0 aliphatic rings. The molecule has 190 valence electrons. The van der Waals surface area contributed by atoms with Gasteiger partial charge in [-0.15, -0.1) is 0 Å². The van der Waals surface area contributed by atoms with Gasteiger partial charge < -0.3 is 36.3 Å². The fraction of sp³-hybridized carbons (Fsp3) is 0.208. The van der Waals surface area contributed by atoms with Gasteiger partial charge in [0.1, 0.15) is 23.1 Å². The van der Waals surface area contributed by atoms with E-state index in [0.717, 1.165) is 6.07 Å². The summed E-state index contributed by atoms with van der Waals surface area (Å²) in [7, 11) is 2.93. The Morgan fingerprint density at radius 2 is 1.61 bits per heavy atom. The molecule has 3 rings (SSSR count). The number of rotatable bonds is 10. The summed E-state index contributed by atoms with van der Waals surface area (Å²) in [5, 5.41) is 17.2. The molecule has 2 amide bonds. The fourth-order valence-corrected chi connectivity index (χ4v) is 3.48. The summed E-state index contributed by atoms with van der Waals surface area (Å²) in [6, 6.07) is 9.37. The molecule has 2 aromatic carbocycles. The van der Waals surface area contributed by atoms with Crippen molar-refractivity contribution in [1.29, 1.82) is 0 Å². The van der Waals surface area contributed by atoms with Crippen molar-refractivity contribution in [2.24, 2.45) is 5.73 Å². The van der Waals surface area contributed by atoms with Crippen LogP contribution in [0.5, 0.6) is 11.5 Å². The Hall–Kier alpha value is -4.61. The number of nitrogens with two attached hydrogens (primary N) is 1. The van der Waals surface area contributed by atoms with Crippen molar-refractivity contribution in [2.45, 2.75) is 19.0 Å². The maximum absolute atomic E-state index is 15.0. The predicted molar refractivity (Wildman–Crippen MR) is 129 cm³/mol. The summed E-state index contributed by atoms with van der Waals surface area (Å²) >= 11 is 0. The highest BCUT2D eigenvalue weighted by Gasteiger charge is 2.25. The van der Waals surface area contributed by atoms with Crippen LogP contribution < -0.4 is 31.2 Å². The number of carbonyl (C=O) groups excluding carboxylic acids is 1. The van der Waals surface area contributed by atoms with E-state index in [4.69, 9.17) is 20.3 Å². The van der Waals surface area contributed by atoms with Gasteiger partial charge in [-0.05, 0) is 30.7 Å². The number of hydrogen-bond acceptors (Lipinski definition) is 7. The Bertz CT molecular complexity index is 1230. The molecule has 0 unspecified atom stereocenters. The Morgan fingerprint density at radius 3 is 2.14 bits per heavy atom. The zero-order valence-corrected chi connectivity index (χ0v) is 19.6. The van der Waals surface area contributed by atoms with Gasteiger partial charge in [0.25, 0.3) is 5.91 Å². The standard InChI is InChI=1S/C24H25F2N5O5/c1-12(28-24(33)34)20(13-4-6-14(25)7-5-13)30-23-19(26)11-18(21(27)32)22(31-23)29-15-8-16(35-2)10-17(9-15)36-3/h4-12,20,28H,1-3H3,(H2,27,32)(H,33,34)(H2,29,30,31)/t12-,20-/m0/s1. The maximum Gasteiger partial charge on any atom is 0.404 e. The molecule has 0 spiro atoms. The van der Waals surface area contributed by atoms with Crippen LogP contribution in [0.1, 0.15) is 28.9 Å². The zero-order chi connectivity index (χ0) is 26.4. The second-order valence-corrected chi connectivity index (χ2v) is 7.72. The van der Waals surface area contributed by atoms with Crippen LogP contribution >= 0.6 is 0 Å². The number of carbonyl (C=O) groups is 2. The number of ether oxygens (including phenoxy) is 2. The SMILES string of the molecule is COc1cc(Nc2nc(N[C@H](c3ccc(F)cc3)[C@H](C)NC(=O)O)c(F)cc2C(N)=O)cc(OC)c1. The van der Waals surface area contributed by atoms with E-state index in [-0.39, 0.29) is 17.2 Å². The number of anilines is 3. The number of benzene rings is 2. The number of pyridine rings is 1. The van der Waals surface area contributed by atoms with Crippen LogP contribution in [0.25, 0.3) is 0 Å². The molecule has 6 N–H and O–H groups in total. The fourth-order valence-electron chi connectivity index (χ4n) is 3.48. The number of halogens is 2. The van der Waals surface area contributed by atoms with Crippen LogP contribution in [0.2, 0.25) is 0 Å². The molecule has 0 saturated heterocycles. The third kappa shape index (κ3) is 6.29. The largest absolute Gasteiger partial charge is 0.497 e. The summed E-state index contributed by atoms with van der Waals surface area (Å²) in [6.07, 6.45) is -1.30. The minimum absolute atomic E-state index is 0.0709. The molecule has 0 radical (unpaired) electrons. The first-order valence-corrected chi connectivity index (χ1v) is 10.6. The quantitative estimate of drug-likeness (QED) is 0.280. The zero-order valence-electron chi connectivity index (χ0n) is 19.6. The Kier molecular flexibility index (Phi) is 8.10. The topological polar surface area (TPSA) is 148 Å². The third-order valence-electron chi connectivity index (χ3n) is 5.23.